The van der Waals surface area contributed by atoms with Crippen LogP contribution in [0.4, 0.5) is 8.78 Å². The molecule has 0 aliphatic rings. The highest BCUT2D eigenvalue weighted by Gasteiger charge is 2.09. The minimum atomic E-state index is -0.272. The highest BCUT2D eigenvalue weighted by molar-refractivity contribution is 5.68. The smallest absolute Gasteiger partial charge is 0.131 e. The summed E-state index contributed by atoms with van der Waals surface area (Å²) < 4.78 is 26.8. The van der Waals surface area contributed by atoms with E-state index >= 15 is 0 Å². The Kier molecular flexibility index (Phi) is 2.73. The molecule has 2 aromatic carbocycles. The van der Waals surface area contributed by atoms with Crippen LogP contribution in [-0.4, -0.2) is 0 Å². The first-order chi connectivity index (χ1) is 7.59. The molecule has 0 radical (unpaired) electrons. The molecule has 0 saturated heterocycles. The summed E-state index contributed by atoms with van der Waals surface area (Å²) in [7, 11) is 0. The summed E-state index contributed by atoms with van der Waals surface area (Å²) in [6.45, 7) is 3.52. The van der Waals surface area contributed by atoms with Gasteiger partial charge in [-0.15, -0.1) is 0 Å². The fraction of sp³-hybridized carbons (Fsp3) is 0.143. The summed E-state index contributed by atoms with van der Waals surface area (Å²) in [5.41, 5.74) is 2.64. The fourth-order valence-electron chi connectivity index (χ4n) is 1.80. The molecule has 0 spiro atoms. The van der Waals surface area contributed by atoms with Gasteiger partial charge in [0.2, 0.25) is 0 Å². The predicted molar refractivity (Wildman–Crippen MR) is 61.3 cm³/mol. The van der Waals surface area contributed by atoms with Crippen LogP contribution in [0.3, 0.4) is 0 Å². The molecular weight excluding hydrogens is 206 g/mol. The van der Waals surface area contributed by atoms with Gasteiger partial charge in [0.15, 0.2) is 0 Å². The monoisotopic (exact) mass is 218 g/mol. The molecule has 0 heterocycles. The van der Waals surface area contributed by atoms with Crippen LogP contribution in [0, 0.1) is 25.5 Å². The van der Waals surface area contributed by atoms with Crippen LogP contribution in [0.1, 0.15) is 11.1 Å². The first-order valence-electron chi connectivity index (χ1n) is 5.11. The highest BCUT2D eigenvalue weighted by Crippen LogP contribution is 2.27. The second-order valence-electron chi connectivity index (χ2n) is 3.90. The predicted octanol–water partition coefficient (Wildman–Crippen LogP) is 4.25. The molecule has 0 fully saturated rings. The molecule has 0 nitrogen and oxygen atoms in total. The summed E-state index contributed by atoms with van der Waals surface area (Å²) in [5.74, 6) is -0.538. The van der Waals surface area contributed by atoms with Crippen LogP contribution in [-0.2, 0) is 0 Å². The Morgan fingerprint density at radius 2 is 1.56 bits per heavy atom. The van der Waals surface area contributed by atoms with Crippen molar-refractivity contribution in [2.24, 2.45) is 0 Å². The van der Waals surface area contributed by atoms with E-state index in [4.69, 9.17) is 0 Å². The lowest BCUT2D eigenvalue weighted by molar-refractivity contribution is 0.617. The van der Waals surface area contributed by atoms with E-state index in [1.54, 1.807) is 25.1 Å². The number of halogens is 2. The van der Waals surface area contributed by atoms with E-state index in [-0.39, 0.29) is 11.6 Å². The minimum absolute atomic E-state index is 0.266. The number of rotatable bonds is 1. The number of hydrogen-bond acceptors (Lipinski definition) is 0. The number of benzene rings is 2. The molecule has 2 aromatic rings. The van der Waals surface area contributed by atoms with Gasteiger partial charge in [-0.3, -0.25) is 0 Å². The van der Waals surface area contributed by atoms with Gasteiger partial charge in [-0.25, -0.2) is 8.78 Å². The SMILES string of the molecule is Cc1cc(-c2c(C)cccc2F)ccc1F. The lowest BCUT2D eigenvalue weighted by Gasteiger charge is -2.08. The van der Waals surface area contributed by atoms with Gasteiger partial charge in [-0.1, -0.05) is 18.2 Å². The molecule has 0 aromatic heterocycles. The van der Waals surface area contributed by atoms with Crippen LogP contribution < -0.4 is 0 Å². The third-order valence-electron chi connectivity index (χ3n) is 2.67. The van der Waals surface area contributed by atoms with E-state index in [2.05, 4.69) is 0 Å². The average Bonchev–Trinajstić information content (AvgIpc) is 2.23. The molecule has 0 amide bonds. The third-order valence-corrected chi connectivity index (χ3v) is 2.67. The Labute approximate surface area is 93.5 Å². The molecule has 0 N–H and O–H groups in total. The molecule has 82 valence electrons. The number of hydrogen-bond donors (Lipinski definition) is 0. The molecule has 0 unspecified atom stereocenters. The zero-order valence-electron chi connectivity index (χ0n) is 9.22. The lowest BCUT2D eigenvalue weighted by Crippen LogP contribution is -1.90. The van der Waals surface area contributed by atoms with Gasteiger partial charge in [0.05, 0.1) is 0 Å². The van der Waals surface area contributed by atoms with E-state index < -0.39 is 0 Å². The maximum atomic E-state index is 13.7. The second kappa shape index (κ2) is 4.05. The molecule has 2 rings (SSSR count). The summed E-state index contributed by atoms with van der Waals surface area (Å²) >= 11 is 0. The van der Waals surface area contributed by atoms with Crippen LogP contribution >= 0.6 is 0 Å². The first-order valence-corrected chi connectivity index (χ1v) is 5.11. The Balaban J connectivity index is 2.63. The molecule has 0 aliphatic heterocycles. The standard InChI is InChI=1S/C14H12F2/c1-9-4-3-5-13(16)14(9)11-6-7-12(15)10(2)8-11/h3-8H,1-2H3. The summed E-state index contributed by atoms with van der Waals surface area (Å²) in [6.07, 6.45) is 0. The quantitative estimate of drug-likeness (QED) is 0.671. The van der Waals surface area contributed by atoms with Crippen molar-refractivity contribution in [1.29, 1.82) is 0 Å². The van der Waals surface area contributed by atoms with Gasteiger partial charge < -0.3 is 0 Å². The van der Waals surface area contributed by atoms with E-state index in [9.17, 15) is 8.78 Å². The maximum absolute atomic E-state index is 13.7. The molecule has 0 bridgehead atoms. The van der Waals surface area contributed by atoms with Gasteiger partial charge in [0.1, 0.15) is 11.6 Å². The third kappa shape index (κ3) is 1.83. The van der Waals surface area contributed by atoms with Gasteiger partial charge >= 0.3 is 0 Å². The zero-order valence-corrected chi connectivity index (χ0v) is 9.22. The Morgan fingerprint density at radius 3 is 2.19 bits per heavy atom. The summed E-state index contributed by atoms with van der Waals surface area (Å²) in [6, 6.07) is 9.58. The summed E-state index contributed by atoms with van der Waals surface area (Å²) in [4.78, 5) is 0. The van der Waals surface area contributed by atoms with Gasteiger partial charge in [0.25, 0.3) is 0 Å². The van der Waals surface area contributed by atoms with E-state index in [1.165, 1.54) is 12.1 Å². The van der Waals surface area contributed by atoms with Crippen molar-refractivity contribution >= 4 is 0 Å². The number of aryl methyl sites for hydroxylation is 2. The van der Waals surface area contributed by atoms with Crippen molar-refractivity contribution in [2.75, 3.05) is 0 Å². The molecule has 2 heteroatoms. The molecule has 0 saturated carbocycles. The van der Waals surface area contributed by atoms with Crippen molar-refractivity contribution in [1.82, 2.24) is 0 Å². The van der Waals surface area contributed by atoms with Crippen molar-refractivity contribution in [2.45, 2.75) is 13.8 Å². The average molecular weight is 218 g/mol. The van der Waals surface area contributed by atoms with Gasteiger partial charge in [-0.05, 0) is 48.7 Å². The van der Waals surface area contributed by atoms with Crippen molar-refractivity contribution in [3.05, 3.63) is 59.2 Å². The van der Waals surface area contributed by atoms with Gasteiger partial charge in [-0.2, -0.15) is 0 Å². The second-order valence-corrected chi connectivity index (χ2v) is 3.90. The van der Waals surface area contributed by atoms with Crippen LogP contribution in [0.2, 0.25) is 0 Å². The molecule has 0 atom stereocenters. The van der Waals surface area contributed by atoms with E-state index in [0.29, 0.717) is 11.1 Å². The summed E-state index contributed by atoms with van der Waals surface area (Å²) in [5, 5.41) is 0. The van der Waals surface area contributed by atoms with Crippen LogP contribution in [0.5, 0.6) is 0 Å². The maximum Gasteiger partial charge on any atom is 0.131 e. The van der Waals surface area contributed by atoms with Gasteiger partial charge in [0, 0.05) is 5.56 Å². The minimum Gasteiger partial charge on any atom is -0.207 e. The zero-order chi connectivity index (χ0) is 11.7. The van der Waals surface area contributed by atoms with E-state index in [0.717, 1.165) is 11.1 Å². The Morgan fingerprint density at radius 1 is 0.812 bits per heavy atom. The Bertz CT molecular complexity index is 510. The Hall–Kier alpha value is -1.70. The van der Waals surface area contributed by atoms with Crippen molar-refractivity contribution in [3.63, 3.8) is 0 Å². The van der Waals surface area contributed by atoms with E-state index in [1.807, 2.05) is 13.0 Å². The van der Waals surface area contributed by atoms with Crippen LogP contribution in [0.15, 0.2) is 36.4 Å². The lowest BCUT2D eigenvalue weighted by atomic mass is 9.98. The first kappa shape index (κ1) is 10.8. The topological polar surface area (TPSA) is 0 Å². The highest BCUT2D eigenvalue weighted by atomic mass is 19.1. The van der Waals surface area contributed by atoms with Crippen molar-refractivity contribution < 1.29 is 8.78 Å². The molecule has 16 heavy (non-hydrogen) atoms. The largest absolute Gasteiger partial charge is 0.207 e. The fourth-order valence-corrected chi connectivity index (χ4v) is 1.80. The van der Waals surface area contributed by atoms with Crippen molar-refractivity contribution in [3.8, 4) is 11.1 Å². The normalized spacial score (nSPS) is 10.5. The molecular formula is C14H12F2. The molecule has 0 aliphatic carbocycles. The van der Waals surface area contributed by atoms with Crippen LogP contribution in [0.25, 0.3) is 11.1 Å².